The average molecular weight is 334 g/mol. The van der Waals surface area contributed by atoms with Crippen molar-refractivity contribution in [1.82, 2.24) is 10.2 Å². The van der Waals surface area contributed by atoms with Crippen LogP contribution >= 0.6 is 0 Å². The van der Waals surface area contributed by atoms with Crippen molar-refractivity contribution in [3.05, 3.63) is 35.4 Å². The first kappa shape index (κ1) is 18.7. The van der Waals surface area contributed by atoms with E-state index in [1.807, 2.05) is 45.0 Å². The first-order valence-electron chi connectivity index (χ1n) is 8.85. The third-order valence-corrected chi connectivity index (χ3v) is 4.32. The third kappa shape index (κ3) is 5.80. The molecule has 1 fully saturated rings. The molecule has 0 radical (unpaired) electrons. The van der Waals surface area contributed by atoms with Gasteiger partial charge in [-0.3, -0.25) is 0 Å². The highest BCUT2D eigenvalue weighted by atomic mass is 16.6. The minimum absolute atomic E-state index is 0.207. The zero-order valence-corrected chi connectivity index (χ0v) is 15.0. The number of hydrogen-bond acceptors (Lipinski definition) is 4. The van der Waals surface area contributed by atoms with Crippen molar-refractivity contribution >= 4 is 6.09 Å². The molecule has 1 aliphatic heterocycles. The fourth-order valence-electron chi connectivity index (χ4n) is 2.87. The van der Waals surface area contributed by atoms with Crippen molar-refractivity contribution in [3.8, 4) is 0 Å². The normalized spacial score (nSPS) is 17.1. The summed E-state index contributed by atoms with van der Waals surface area (Å²) in [6.45, 7) is 8.50. The molecule has 1 aliphatic rings. The van der Waals surface area contributed by atoms with Crippen LogP contribution in [0.1, 0.15) is 43.9 Å². The molecule has 134 valence electrons. The van der Waals surface area contributed by atoms with Gasteiger partial charge in [0.2, 0.25) is 0 Å². The predicted octanol–water partition coefficient (Wildman–Crippen LogP) is 2.88. The van der Waals surface area contributed by atoms with Gasteiger partial charge in [-0.2, -0.15) is 0 Å². The molecule has 1 unspecified atom stereocenters. The van der Waals surface area contributed by atoms with Crippen LogP contribution in [-0.2, 0) is 4.74 Å². The lowest BCUT2D eigenvalue weighted by Crippen LogP contribution is -2.46. The highest BCUT2D eigenvalue weighted by molar-refractivity contribution is 5.67. The van der Waals surface area contributed by atoms with E-state index >= 15 is 0 Å². The maximum atomic E-state index is 11.9. The molecule has 2 rings (SSSR count). The molecule has 0 aromatic heterocycles. The van der Waals surface area contributed by atoms with E-state index in [0.29, 0.717) is 38.2 Å². The van der Waals surface area contributed by atoms with E-state index < -0.39 is 6.10 Å². The van der Waals surface area contributed by atoms with Crippen LogP contribution in [-0.4, -0.2) is 48.4 Å². The van der Waals surface area contributed by atoms with Crippen LogP contribution in [0.5, 0.6) is 0 Å². The maximum absolute atomic E-state index is 11.9. The minimum atomic E-state index is -0.501. The fraction of sp³-hybridized carbons (Fsp3) is 0.632. The lowest BCUT2D eigenvalue weighted by molar-refractivity contribution is 0.0802. The van der Waals surface area contributed by atoms with Gasteiger partial charge in [0.25, 0.3) is 0 Å². The molecule has 0 aliphatic carbocycles. The number of aryl methyl sites for hydroxylation is 1. The Bertz CT molecular complexity index is 525. The van der Waals surface area contributed by atoms with Crippen molar-refractivity contribution in [2.45, 2.75) is 45.8 Å². The Labute approximate surface area is 145 Å². The molecule has 24 heavy (non-hydrogen) atoms. The third-order valence-electron chi connectivity index (χ3n) is 4.32. The molecule has 1 aromatic rings. The Morgan fingerprint density at radius 3 is 2.71 bits per heavy atom. The van der Waals surface area contributed by atoms with Crippen LogP contribution in [0.3, 0.4) is 0 Å². The van der Waals surface area contributed by atoms with Gasteiger partial charge in [-0.05, 0) is 31.2 Å². The second kappa shape index (κ2) is 9.04. The quantitative estimate of drug-likeness (QED) is 0.840. The van der Waals surface area contributed by atoms with E-state index in [1.54, 1.807) is 4.90 Å². The van der Waals surface area contributed by atoms with Gasteiger partial charge in [-0.25, -0.2) is 4.79 Å². The van der Waals surface area contributed by atoms with Crippen molar-refractivity contribution in [2.75, 3.05) is 26.2 Å². The van der Waals surface area contributed by atoms with Crippen LogP contribution in [0.15, 0.2) is 24.3 Å². The minimum Gasteiger partial charge on any atom is -0.449 e. The molecular formula is C19H30N2O3. The van der Waals surface area contributed by atoms with Gasteiger partial charge in [0.1, 0.15) is 0 Å². The number of rotatable bonds is 6. The van der Waals surface area contributed by atoms with Gasteiger partial charge in [0, 0.05) is 25.7 Å². The molecule has 2 N–H and O–H groups in total. The van der Waals surface area contributed by atoms with Crippen molar-refractivity contribution in [3.63, 3.8) is 0 Å². The van der Waals surface area contributed by atoms with Gasteiger partial charge in [-0.1, -0.05) is 43.7 Å². The topological polar surface area (TPSA) is 61.8 Å². The summed E-state index contributed by atoms with van der Waals surface area (Å²) in [5, 5.41) is 13.7. The number of hydrogen-bond donors (Lipinski definition) is 2. The largest absolute Gasteiger partial charge is 0.449 e. The lowest BCUT2D eigenvalue weighted by atomic mass is 10.0. The van der Waals surface area contributed by atoms with Crippen LogP contribution in [0, 0.1) is 12.8 Å². The first-order valence-corrected chi connectivity index (χ1v) is 8.85. The zero-order valence-electron chi connectivity index (χ0n) is 15.0. The number of ether oxygens (including phenoxy) is 1. The Morgan fingerprint density at radius 2 is 2.08 bits per heavy atom. The van der Waals surface area contributed by atoms with Crippen LogP contribution in [0.2, 0.25) is 0 Å². The molecule has 1 amide bonds. The summed E-state index contributed by atoms with van der Waals surface area (Å²) in [4.78, 5) is 13.7. The molecule has 1 saturated heterocycles. The molecule has 1 heterocycles. The van der Waals surface area contributed by atoms with Crippen LogP contribution in [0.25, 0.3) is 0 Å². The highest BCUT2D eigenvalue weighted by Gasteiger charge is 2.24. The summed E-state index contributed by atoms with van der Waals surface area (Å²) in [5.41, 5.74) is 2.09. The van der Waals surface area contributed by atoms with E-state index in [4.69, 9.17) is 4.74 Å². The number of nitrogens with zero attached hydrogens (tertiary/aromatic N) is 1. The van der Waals surface area contributed by atoms with Gasteiger partial charge in [-0.15, -0.1) is 0 Å². The number of carbonyl (C=O) groups excluding carboxylic acids is 1. The van der Waals surface area contributed by atoms with Crippen LogP contribution in [0.4, 0.5) is 4.79 Å². The summed E-state index contributed by atoms with van der Waals surface area (Å²) in [6.07, 6.45) is 1.06. The number of likely N-dealkylation sites (tertiary alicyclic amines) is 1. The molecule has 0 spiro atoms. The Balaban J connectivity index is 1.70. The summed E-state index contributed by atoms with van der Waals surface area (Å²) >= 11 is 0. The van der Waals surface area contributed by atoms with E-state index in [0.717, 1.165) is 24.0 Å². The summed E-state index contributed by atoms with van der Waals surface area (Å²) in [7, 11) is 0. The Kier molecular flexibility index (Phi) is 7.06. The monoisotopic (exact) mass is 334 g/mol. The number of amides is 1. The molecule has 5 nitrogen and oxygen atoms in total. The lowest BCUT2D eigenvalue weighted by Gasteiger charge is -2.32. The van der Waals surface area contributed by atoms with Crippen molar-refractivity contribution in [2.24, 2.45) is 5.92 Å². The van der Waals surface area contributed by atoms with Crippen LogP contribution < -0.4 is 5.32 Å². The summed E-state index contributed by atoms with van der Waals surface area (Å²) in [5.74, 6) is 0.358. The van der Waals surface area contributed by atoms with E-state index in [1.165, 1.54) is 0 Å². The van der Waals surface area contributed by atoms with Gasteiger partial charge < -0.3 is 20.1 Å². The molecule has 1 atom stereocenters. The van der Waals surface area contributed by atoms with Crippen molar-refractivity contribution in [1.29, 1.82) is 0 Å². The second-order valence-electron chi connectivity index (χ2n) is 7.07. The Morgan fingerprint density at radius 1 is 1.38 bits per heavy atom. The predicted molar refractivity (Wildman–Crippen MR) is 94.9 cm³/mol. The summed E-state index contributed by atoms with van der Waals surface area (Å²) < 4.78 is 5.27. The second-order valence-corrected chi connectivity index (χ2v) is 7.07. The number of piperidine rings is 1. The molecular weight excluding hydrogens is 304 g/mol. The summed E-state index contributed by atoms with van der Waals surface area (Å²) in [6, 6.07) is 8.29. The number of aliphatic hydroxyl groups excluding tert-OH is 1. The zero-order chi connectivity index (χ0) is 17.5. The Hall–Kier alpha value is -1.59. The number of benzene rings is 1. The van der Waals surface area contributed by atoms with Gasteiger partial charge in [0.05, 0.1) is 12.7 Å². The molecule has 5 heteroatoms. The average Bonchev–Trinajstić information content (AvgIpc) is 2.58. The molecule has 0 saturated carbocycles. The number of aliphatic hydroxyl groups is 1. The molecule has 1 aromatic carbocycles. The fourth-order valence-corrected chi connectivity index (χ4v) is 2.87. The number of nitrogens with one attached hydrogen (secondary N) is 1. The van der Waals surface area contributed by atoms with Crippen molar-refractivity contribution < 1.29 is 14.6 Å². The van der Waals surface area contributed by atoms with E-state index in [9.17, 15) is 9.90 Å². The van der Waals surface area contributed by atoms with Gasteiger partial charge >= 0.3 is 6.09 Å². The SMILES string of the molecule is Cc1cccc(C(O)CNC2CCN(C(=O)OCC(C)C)CC2)c1. The molecule has 0 bridgehead atoms. The number of carbonyl (C=O) groups is 1. The smallest absolute Gasteiger partial charge is 0.409 e. The first-order chi connectivity index (χ1) is 11.5. The van der Waals surface area contributed by atoms with E-state index in [2.05, 4.69) is 5.32 Å². The maximum Gasteiger partial charge on any atom is 0.409 e. The van der Waals surface area contributed by atoms with Gasteiger partial charge in [0.15, 0.2) is 0 Å². The highest BCUT2D eigenvalue weighted by Crippen LogP contribution is 2.16. The van der Waals surface area contributed by atoms with E-state index in [-0.39, 0.29) is 6.09 Å². The standard InChI is InChI=1S/C19H30N2O3/c1-14(2)13-24-19(23)21-9-7-17(8-10-21)20-12-18(22)16-6-4-5-15(3)11-16/h4-6,11,14,17-18,20,22H,7-10,12-13H2,1-3H3.